The summed E-state index contributed by atoms with van der Waals surface area (Å²) in [5.41, 5.74) is 2.44. The molecule has 174 valence electrons. The van der Waals surface area contributed by atoms with Crippen LogP contribution in [-0.2, 0) is 0 Å². The van der Waals surface area contributed by atoms with Gasteiger partial charge in [-0.25, -0.2) is 9.97 Å². The fraction of sp³-hybridized carbons (Fsp3) is 0.130. The van der Waals surface area contributed by atoms with Crippen LogP contribution in [0.4, 0.5) is 28.7 Å². The Morgan fingerprint density at radius 2 is 1.44 bits per heavy atom. The van der Waals surface area contributed by atoms with Crippen molar-refractivity contribution in [3.8, 4) is 0 Å². The van der Waals surface area contributed by atoms with Gasteiger partial charge in [0.05, 0.1) is 20.9 Å². The van der Waals surface area contributed by atoms with Crippen LogP contribution in [0.3, 0.4) is 0 Å². The molecule has 34 heavy (non-hydrogen) atoms. The van der Waals surface area contributed by atoms with E-state index in [0.717, 1.165) is 17.5 Å². The van der Waals surface area contributed by atoms with Crippen molar-refractivity contribution in [1.82, 2.24) is 9.97 Å². The minimum absolute atomic E-state index is 0.0215. The Morgan fingerprint density at radius 1 is 0.794 bits per heavy atom. The van der Waals surface area contributed by atoms with Crippen LogP contribution in [0.15, 0.2) is 71.6 Å². The second-order valence-electron chi connectivity index (χ2n) is 6.81. The molecule has 2 N–H and O–H groups in total. The van der Waals surface area contributed by atoms with Gasteiger partial charge in [0.15, 0.2) is 11.6 Å². The first-order valence-corrected chi connectivity index (χ1v) is 11.2. The van der Waals surface area contributed by atoms with E-state index >= 15 is 0 Å². The van der Waals surface area contributed by atoms with E-state index in [0.29, 0.717) is 33.3 Å². The average Bonchev–Trinajstić information content (AvgIpc) is 2.83. The quantitative estimate of drug-likeness (QED) is 0.170. The molecule has 0 aliphatic rings. The first kappa shape index (κ1) is 24.4. The van der Waals surface area contributed by atoms with E-state index in [4.69, 9.17) is 0 Å². The summed E-state index contributed by atoms with van der Waals surface area (Å²) in [6.45, 7) is 5.77. The first-order valence-electron chi connectivity index (χ1n) is 10.4. The summed E-state index contributed by atoms with van der Waals surface area (Å²) in [6.07, 6.45) is 0. The van der Waals surface area contributed by atoms with E-state index in [9.17, 15) is 20.2 Å². The topological polar surface area (TPSA) is 136 Å². The molecule has 0 atom stereocenters. The Kier molecular flexibility index (Phi) is 7.93. The Morgan fingerprint density at radius 3 is 2.09 bits per heavy atom. The lowest BCUT2D eigenvalue weighted by molar-refractivity contribution is -0.385. The van der Waals surface area contributed by atoms with E-state index in [2.05, 4.69) is 20.0 Å². The van der Waals surface area contributed by atoms with Gasteiger partial charge in [0.25, 0.3) is 11.4 Å². The highest BCUT2D eigenvalue weighted by molar-refractivity contribution is 8.00. The van der Waals surface area contributed by atoms with Gasteiger partial charge < -0.3 is 10.0 Å². The lowest BCUT2D eigenvalue weighted by Crippen LogP contribution is -2.03. The summed E-state index contributed by atoms with van der Waals surface area (Å²) in [5, 5.41) is 25.4. The minimum atomic E-state index is -0.461. The van der Waals surface area contributed by atoms with Crippen LogP contribution in [0.1, 0.15) is 19.4 Å². The molecule has 0 aliphatic carbocycles. The summed E-state index contributed by atoms with van der Waals surface area (Å²) in [7, 11) is 0. The third-order valence-electron chi connectivity index (χ3n) is 4.40. The van der Waals surface area contributed by atoms with Gasteiger partial charge in [-0.3, -0.25) is 20.2 Å². The van der Waals surface area contributed by atoms with Crippen LogP contribution in [0.2, 0.25) is 0 Å². The molecule has 3 aromatic carbocycles. The smallest absolute Gasteiger partial charge is 0.271 e. The molecule has 1 heterocycles. The van der Waals surface area contributed by atoms with Crippen molar-refractivity contribution in [1.29, 1.82) is 0 Å². The largest absolute Gasteiger partial charge is 0.337 e. The average molecular weight is 479 g/mol. The van der Waals surface area contributed by atoms with Crippen LogP contribution in [0.25, 0.3) is 11.0 Å². The van der Waals surface area contributed by atoms with E-state index in [1.165, 1.54) is 24.3 Å². The number of nitrogens with one attached hydrogen (secondary N) is 2. The molecule has 0 bridgehead atoms. The zero-order chi connectivity index (χ0) is 24.7. The Balaban J connectivity index is 0.00000158. The summed E-state index contributed by atoms with van der Waals surface area (Å²) in [6, 6.07) is 18.2. The van der Waals surface area contributed by atoms with Crippen molar-refractivity contribution in [2.24, 2.45) is 0 Å². The summed E-state index contributed by atoms with van der Waals surface area (Å²) in [4.78, 5) is 31.2. The van der Waals surface area contributed by atoms with Crippen LogP contribution < -0.4 is 10.0 Å². The number of nitro groups is 2. The van der Waals surface area contributed by atoms with Crippen molar-refractivity contribution in [3.63, 3.8) is 0 Å². The number of non-ortho nitro benzene ring substituents is 2. The molecule has 0 saturated carbocycles. The highest BCUT2D eigenvalue weighted by atomic mass is 32.2. The van der Waals surface area contributed by atoms with Gasteiger partial charge in [0.2, 0.25) is 0 Å². The second kappa shape index (κ2) is 11.1. The third-order valence-corrected chi connectivity index (χ3v) is 5.19. The number of benzene rings is 3. The molecule has 0 unspecified atom stereocenters. The maximum Gasteiger partial charge on any atom is 0.271 e. The van der Waals surface area contributed by atoms with E-state index in [-0.39, 0.29) is 11.4 Å². The van der Waals surface area contributed by atoms with Crippen LogP contribution in [0.5, 0.6) is 0 Å². The van der Waals surface area contributed by atoms with Crippen molar-refractivity contribution in [3.05, 3.63) is 92.5 Å². The third kappa shape index (κ3) is 5.95. The van der Waals surface area contributed by atoms with Crippen molar-refractivity contribution in [2.75, 3.05) is 10.0 Å². The molecule has 11 heteroatoms. The number of anilines is 3. The number of aryl methyl sites for hydroxylation is 1. The maximum atomic E-state index is 11.2. The zero-order valence-electron chi connectivity index (χ0n) is 18.7. The van der Waals surface area contributed by atoms with Gasteiger partial charge in [0, 0.05) is 34.8 Å². The van der Waals surface area contributed by atoms with Crippen LogP contribution >= 0.6 is 11.9 Å². The number of para-hydroxylation sites is 2. The van der Waals surface area contributed by atoms with E-state index < -0.39 is 9.85 Å². The van der Waals surface area contributed by atoms with Crippen LogP contribution in [0, 0.1) is 27.2 Å². The SMILES string of the molecule is CC.Cc1cc(Nc2nc3ccccc3nc2NSc2cccc([N+](=O)[O-])c2)cc([N+](=O)[O-])c1. The lowest BCUT2D eigenvalue weighted by atomic mass is 10.2. The Bertz CT molecular complexity index is 1350. The monoisotopic (exact) mass is 478 g/mol. The highest BCUT2D eigenvalue weighted by Crippen LogP contribution is 2.31. The number of hydrogen-bond acceptors (Lipinski definition) is 9. The molecule has 1 aromatic heterocycles. The van der Waals surface area contributed by atoms with Gasteiger partial charge in [-0.1, -0.05) is 32.0 Å². The maximum absolute atomic E-state index is 11.2. The number of nitro benzene ring substituents is 2. The van der Waals surface area contributed by atoms with Gasteiger partial charge in [-0.2, -0.15) is 0 Å². The Labute approximate surface area is 199 Å². The van der Waals surface area contributed by atoms with Gasteiger partial charge >= 0.3 is 0 Å². The fourth-order valence-electron chi connectivity index (χ4n) is 3.00. The summed E-state index contributed by atoms with van der Waals surface area (Å²) < 4.78 is 3.08. The normalized spacial score (nSPS) is 10.2. The standard InChI is InChI=1S/C21H16N6O4S.C2H6/c1-13-9-14(11-16(10-13)27(30)31)22-20-21(24-19-8-3-2-7-18(19)23-20)25-32-17-6-4-5-15(12-17)26(28)29;1-2/h2-12H,1H3,(H,22,23)(H,24,25);1-2H3. The van der Waals surface area contributed by atoms with Gasteiger partial charge in [0.1, 0.15) is 0 Å². The first-order chi connectivity index (χ1) is 16.4. The molecule has 10 nitrogen and oxygen atoms in total. The minimum Gasteiger partial charge on any atom is -0.337 e. The molecule has 4 rings (SSSR count). The summed E-state index contributed by atoms with van der Waals surface area (Å²) in [5.74, 6) is 0.742. The molecule has 0 radical (unpaired) electrons. The van der Waals surface area contributed by atoms with E-state index in [1.807, 2.05) is 38.1 Å². The molecule has 4 aromatic rings. The number of nitrogens with zero attached hydrogens (tertiary/aromatic N) is 4. The zero-order valence-corrected chi connectivity index (χ0v) is 19.5. The highest BCUT2D eigenvalue weighted by Gasteiger charge is 2.14. The molecular formula is C23H22N6O4S. The number of rotatable bonds is 7. The Hall–Kier alpha value is -4.25. The van der Waals surface area contributed by atoms with Crippen molar-refractivity contribution >= 4 is 51.7 Å². The van der Waals surface area contributed by atoms with Gasteiger partial charge in [-0.05, 0) is 48.7 Å². The van der Waals surface area contributed by atoms with Gasteiger partial charge in [-0.15, -0.1) is 0 Å². The number of hydrogen-bond donors (Lipinski definition) is 2. The van der Waals surface area contributed by atoms with Crippen molar-refractivity contribution < 1.29 is 9.85 Å². The molecule has 0 fully saturated rings. The molecule has 0 saturated heterocycles. The predicted molar refractivity (Wildman–Crippen MR) is 135 cm³/mol. The summed E-state index contributed by atoms with van der Waals surface area (Å²) >= 11 is 1.14. The fourth-order valence-corrected chi connectivity index (χ4v) is 3.69. The van der Waals surface area contributed by atoms with E-state index in [1.54, 1.807) is 25.1 Å². The second-order valence-corrected chi connectivity index (χ2v) is 7.69. The predicted octanol–water partition coefficient (Wildman–Crippen LogP) is 6.64. The molecule has 0 spiro atoms. The molecule has 0 aliphatic heterocycles. The van der Waals surface area contributed by atoms with Crippen molar-refractivity contribution in [2.45, 2.75) is 25.7 Å². The lowest BCUT2D eigenvalue weighted by Gasteiger charge is -2.13. The number of aromatic nitrogens is 2. The number of fused-ring (bicyclic) bond motifs is 1. The molecular weight excluding hydrogens is 456 g/mol. The van der Waals surface area contributed by atoms with Crippen LogP contribution in [-0.4, -0.2) is 19.8 Å². The molecule has 0 amide bonds.